The lowest BCUT2D eigenvalue weighted by Crippen LogP contribution is -2.40. The maximum Gasteiger partial charge on any atom is 0.253 e. The van der Waals surface area contributed by atoms with E-state index in [1.54, 1.807) is 32.4 Å². The molecule has 1 fully saturated rings. The highest BCUT2D eigenvalue weighted by Crippen LogP contribution is 2.24. The fourth-order valence-corrected chi connectivity index (χ4v) is 2.32. The molecule has 1 saturated heterocycles. The van der Waals surface area contributed by atoms with Crippen molar-refractivity contribution in [1.82, 2.24) is 4.90 Å². The summed E-state index contributed by atoms with van der Waals surface area (Å²) < 4.78 is 10.4. The number of carbonyl (C=O) groups excluding carboxylic acids is 1. The minimum atomic E-state index is 0.0212. The van der Waals surface area contributed by atoms with Gasteiger partial charge in [0, 0.05) is 25.8 Å². The second-order valence-electron chi connectivity index (χ2n) is 4.68. The summed E-state index contributed by atoms with van der Waals surface area (Å²) >= 11 is 0. The SMILES string of the molecule is COc1cc(C(=O)N2CCC(OC)CC2)ccc1N. The van der Waals surface area contributed by atoms with Crippen molar-refractivity contribution in [3.05, 3.63) is 23.8 Å². The molecule has 0 radical (unpaired) electrons. The second kappa shape index (κ2) is 5.93. The fourth-order valence-electron chi connectivity index (χ4n) is 2.32. The van der Waals surface area contributed by atoms with Crippen LogP contribution in [0.25, 0.3) is 0 Å². The minimum absolute atomic E-state index is 0.0212. The topological polar surface area (TPSA) is 64.8 Å². The number of nitrogens with two attached hydrogens (primary N) is 1. The third-order valence-corrected chi connectivity index (χ3v) is 3.54. The Kier molecular flexibility index (Phi) is 4.27. The Hall–Kier alpha value is -1.75. The molecule has 1 aromatic carbocycles. The number of benzene rings is 1. The molecule has 0 aromatic heterocycles. The van der Waals surface area contributed by atoms with Crippen LogP contribution < -0.4 is 10.5 Å². The minimum Gasteiger partial charge on any atom is -0.495 e. The van der Waals surface area contributed by atoms with Gasteiger partial charge in [0.25, 0.3) is 5.91 Å². The summed E-state index contributed by atoms with van der Waals surface area (Å²) in [5, 5.41) is 0. The molecule has 1 heterocycles. The zero-order chi connectivity index (χ0) is 13.8. The molecule has 0 spiro atoms. The Balaban J connectivity index is 2.08. The predicted molar refractivity (Wildman–Crippen MR) is 73.3 cm³/mol. The lowest BCUT2D eigenvalue weighted by molar-refractivity contribution is 0.0350. The van der Waals surface area contributed by atoms with Crippen LogP contribution in [0.3, 0.4) is 0 Å². The summed E-state index contributed by atoms with van der Waals surface area (Å²) in [7, 11) is 3.26. The van der Waals surface area contributed by atoms with Gasteiger partial charge in [-0.05, 0) is 31.0 Å². The van der Waals surface area contributed by atoms with Crippen LogP contribution in [0.1, 0.15) is 23.2 Å². The zero-order valence-corrected chi connectivity index (χ0v) is 11.4. The largest absolute Gasteiger partial charge is 0.495 e. The molecule has 1 aliphatic heterocycles. The van der Waals surface area contributed by atoms with E-state index in [1.807, 2.05) is 4.90 Å². The summed E-state index contributed by atoms with van der Waals surface area (Å²) in [6, 6.07) is 5.14. The summed E-state index contributed by atoms with van der Waals surface area (Å²) in [5.41, 5.74) is 6.90. The van der Waals surface area contributed by atoms with Gasteiger partial charge in [0.05, 0.1) is 18.9 Å². The number of carbonyl (C=O) groups is 1. The molecule has 0 atom stereocenters. The number of likely N-dealkylation sites (tertiary alicyclic amines) is 1. The predicted octanol–water partition coefficient (Wildman–Crippen LogP) is 1.53. The Morgan fingerprint density at radius 3 is 2.58 bits per heavy atom. The van der Waals surface area contributed by atoms with E-state index >= 15 is 0 Å². The zero-order valence-electron chi connectivity index (χ0n) is 11.4. The second-order valence-corrected chi connectivity index (χ2v) is 4.68. The maximum atomic E-state index is 12.4. The van der Waals surface area contributed by atoms with Crippen LogP contribution in [-0.2, 0) is 4.74 Å². The number of rotatable bonds is 3. The normalized spacial score (nSPS) is 16.4. The molecule has 1 aliphatic rings. The van der Waals surface area contributed by atoms with E-state index in [1.165, 1.54) is 0 Å². The van der Waals surface area contributed by atoms with Gasteiger partial charge in [-0.25, -0.2) is 0 Å². The smallest absolute Gasteiger partial charge is 0.253 e. The van der Waals surface area contributed by atoms with Crippen molar-refractivity contribution in [2.75, 3.05) is 33.0 Å². The first kappa shape index (κ1) is 13.7. The van der Waals surface area contributed by atoms with Crippen LogP contribution in [0, 0.1) is 0 Å². The first-order chi connectivity index (χ1) is 9.15. The molecule has 1 aromatic rings. The Labute approximate surface area is 113 Å². The molecule has 5 heteroatoms. The van der Waals surface area contributed by atoms with Crippen LogP contribution >= 0.6 is 0 Å². The van der Waals surface area contributed by atoms with Crippen molar-refractivity contribution in [3.63, 3.8) is 0 Å². The van der Waals surface area contributed by atoms with E-state index < -0.39 is 0 Å². The van der Waals surface area contributed by atoms with Gasteiger partial charge in [0.15, 0.2) is 0 Å². The van der Waals surface area contributed by atoms with Gasteiger partial charge in [-0.15, -0.1) is 0 Å². The van der Waals surface area contributed by atoms with Crippen LogP contribution in [0.15, 0.2) is 18.2 Å². The number of ether oxygens (including phenoxy) is 2. The molecule has 0 bridgehead atoms. The third kappa shape index (κ3) is 2.98. The molecule has 5 nitrogen and oxygen atoms in total. The van der Waals surface area contributed by atoms with Crippen LogP contribution in [0.5, 0.6) is 5.75 Å². The van der Waals surface area contributed by atoms with E-state index in [9.17, 15) is 4.79 Å². The third-order valence-electron chi connectivity index (χ3n) is 3.54. The number of amides is 1. The van der Waals surface area contributed by atoms with Crippen LogP contribution in [-0.4, -0.2) is 44.2 Å². The fraction of sp³-hybridized carbons (Fsp3) is 0.500. The summed E-state index contributed by atoms with van der Waals surface area (Å²) in [6.45, 7) is 1.45. The van der Waals surface area contributed by atoms with Gasteiger partial charge >= 0.3 is 0 Å². The summed E-state index contributed by atoms with van der Waals surface area (Å²) in [4.78, 5) is 14.2. The van der Waals surface area contributed by atoms with Gasteiger partial charge < -0.3 is 20.1 Å². The first-order valence-corrected chi connectivity index (χ1v) is 6.41. The number of methoxy groups -OCH3 is 2. The number of hydrogen-bond acceptors (Lipinski definition) is 4. The van der Waals surface area contributed by atoms with E-state index in [0.717, 1.165) is 25.9 Å². The quantitative estimate of drug-likeness (QED) is 0.841. The summed E-state index contributed by atoms with van der Waals surface area (Å²) in [6.07, 6.45) is 2.04. The Bertz CT molecular complexity index is 454. The molecule has 104 valence electrons. The van der Waals surface area contributed by atoms with Gasteiger partial charge in [0.1, 0.15) is 5.75 Å². The molecule has 0 aliphatic carbocycles. The van der Waals surface area contributed by atoms with Crippen LogP contribution in [0.2, 0.25) is 0 Å². The number of nitrogens with zero attached hydrogens (tertiary/aromatic N) is 1. The molecule has 19 heavy (non-hydrogen) atoms. The average molecular weight is 264 g/mol. The van der Waals surface area contributed by atoms with Crippen molar-refractivity contribution >= 4 is 11.6 Å². The maximum absolute atomic E-state index is 12.4. The van der Waals surface area contributed by atoms with E-state index in [-0.39, 0.29) is 12.0 Å². The lowest BCUT2D eigenvalue weighted by Gasteiger charge is -2.31. The van der Waals surface area contributed by atoms with Gasteiger partial charge in [-0.1, -0.05) is 0 Å². The molecule has 2 N–H and O–H groups in total. The highest BCUT2D eigenvalue weighted by Gasteiger charge is 2.23. The average Bonchev–Trinajstić information content (AvgIpc) is 2.47. The van der Waals surface area contributed by atoms with Crippen LogP contribution in [0.4, 0.5) is 5.69 Å². The van der Waals surface area contributed by atoms with E-state index in [4.69, 9.17) is 15.2 Å². The molecule has 0 unspecified atom stereocenters. The van der Waals surface area contributed by atoms with Crippen molar-refractivity contribution in [2.24, 2.45) is 0 Å². The molecule has 0 saturated carbocycles. The standard InChI is InChI=1S/C14H20N2O3/c1-18-11-5-7-16(8-6-11)14(17)10-3-4-12(15)13(9-10)19-2/h3-4,9,11H,5-8,15H2,1-2H3. The molecular weight excluding hydrogens is 244 g/mol. The van der Waals surface area contributed by atoms with Gasteiger partial charge in [0.2, 0.25) is 0 Å². The number of anilines is 1. The van der Waals surface area contributed by atoms with Crippen molar-refractivity contribution < 1.29 is 14.3 Å². The monoisotopic (exact) mass is 264 g/mol. The molecule has 1 amide bonds. The van der Waals surface area contributed by atoms with Crippen molar-refractivity contribution in [3.8, 4) is 5.75 Å². The molecular formula is C14H20N2O3. The summed E-state index contributed by atoms with van der Waals surface area (Å²) in [5.74, 6) is 0.561. The van der Waals surface area contributed by atoms with E-state index in [2.05, 4.69) is 0 Å². The number of nitrogen functional groups attached to an aromatic ring is 1. The highest BCUT2D eigenvalue weighted by atomic mass is 16.5. The number of piperidine rings is 1. The highest BCUT2D eigenvalue weighted by molar-refractivity contribution is 5.95. The lowest BCUT2D eigenvalue weighted by atomic mass is 10.1. The van der Waals surface area contributed by atoms with Crippen molar-refractivity contribution in [1.29, 1.82) is 0 Å². The first-order valence-electron chi connectivity index (χ1n) is 6.41. The number of hydrogen-bond donors (Lipinski definition) is 1. The molecule has 2 rings (SSSR count). The van der Waals surface area contributed by atoms with Gasteiger partial charge in [-0.2, -0.15) is 0 Å². The van der Waals surface area contributed by atoms with Gasteiger partial charge in [-0.3, -0.25) is 4.79 Å². The Morgan fingerprint density at radius 1 is 1.32 bits per heavy atom. The van der Waals surface area contributed by atoms with Crippen molar-refractivity contribution in [2.45, 2.75) is 18.9 Å². The Morgan fingerprint density at radius 2 is 2.00 bits per heavy atom. The van der Waals surface area contributed by atoms with E-state index in [0.29, 0.717) is 17.0 Å².